The molecule has 0 saturated carbocycles. The molecule has 0 spiro atoms. The van der Waals surface area contributed by atoms with Crippen LogP contribution in [0.1, 0.15) is 5.56 Å². The van der Waals surface area contributed by atoms with Gasteiger partial charge in [0.2, 0.25) is 10.0 Å². The topological polar surface area (TPSA) is 104 Å². The molecular weight excluding hydrogens is 324 g/mol. The Bertz CT molecular complexity index is 751. The van der Waals surface area contributed by atoms with Crippen molar-refractivity contribution < 1.29 is 16.8 Å². The highest BCUT2D eigenvalue weighted by molar-refractivity contribution is 7.92. The molecule has 0 bridgehead atoms. The van der Waals surface area contributed by atoms with Crippen molar-refractivity contribution in [3.63, 3.8) is 0 Å². The van der Waals surface area contributed by atoms with Gasteiger partial charge in [-0.15, -0.1) is 11.6 Å². The van der Waals surface area contributed by atoms with Crippen molar-refractivity contribution in [1.82, 2.24) is 4.72 Å². The Kier molecular flexibility index (Phi) is 4.07. The Morgan fingerprint density at radius 3 is 2.30 bits per heavy atom. The van der Waals surface area contributed by atoms with Crippen LogP contribution in [-0.4, -0.2) is 39.8 Å². The van der Waals surface area contributed by atoms with Gasteiger partial charge in [0, 0.05) is 0 Å². The van der Waals surface area contributed by atoms with Gasteiger partial charge in [-0.05, 0) is 24.3 Å². The predicted molar refractivity (Wildman–Crippen MR) is 73.6 cm³/mol. The van der Waals surface area contributed by atoms with E-state index in [0.717, 1.165) is 0 Å². The van der Waals surface area contributed by atoms with E-state index in [1.807, 2.05) is 6.07 Å². The number of nitrogens with zero attached hydrogens (tertiary/aromatic N) is 1. The van der Waals surface area contributed by atoms with Crippen LogP contribution in [0.4, 0.5) is 0 Å². The number of benzene rings is 1. The number of hydrogen-bond acceptors (Lipinski definition) is 5. The maximum Gasteiger partial charge on any atom is 0.240 e. The van der Waals surface area contributed by atoms with Gasteiger partial charge >= 0.3 is 0 Å². The molecule has 1 aromatic rings. The van der Waals surface area contributed by atoms with E-state index in [4.69, 9.17) is 16.9 Å². The Morgan fingerprint density at radius 1 is 1.25 bits per heavy atom. The molecule has 9 heteroatoms. The highest BCUT2D eigenvalue weighted by Crippen LogP contribution is 2.20. The zero-order chi connectivity index (χ0) is 15.0. The van der Waals surface area contributed by atoms with Crippen LogP contribution in [0.5, 0.6) is 0 Å². The molecule has 2 atom stereocenters. The Morgan fingerprint density at radius 2 is 1.85 bits per heavy atom. The normalized spacial score (nSPS) is 25.2. The summed E-state index contributed by atoms with van der Waals surface area (Å²) in [4.78, 5) is -0.0373. The zero-order valence-corrected chi connectivity index (χ0v) is 12.5. The first kappa shape index (κ1) is 15.3. The Balaban J connectivity index is 2.21. The third-order valence-electron chi connectivity index (χ3n) is 2.88. The largest absolute Gasteiger partial charge is 0.240 e. The molecular formula is C11H11ClN2O4S2. The summed E-state index contributed by atoms with van der Waals surface area (Å²) >= 11 is 5.85. The number of alkyl halides is 1. The molecule has 0 radical (unpaired) electrons. The van der Waals surface area contributed by atoms with Gasteiger partial charge in [-0.1, -0.05) is 0 Å². The van der Waals surface area contributed by atoms with Crippen molar-refractivity contribution in [3.05, 3.63) is 29.8 Å². The van der Waals surface area contributed by atoms with Crippen LogP contribution >= 0.6 is 11.6 Å². The molecule has 1 aliphatic heterocycles. The molecule has 0 amide bonds. The first-order valence-electron chi connectivity index (χ1n) is 5.60. The van der Waals surface area contributed by atoms with Crippen molar-refractivity contribution in [2.24, 2.45) is 0 Å². The summed E-state index contributed by atoms with van der Waals surface area (Å²) in [6.45, 7) is 0. The van der Waals surface area contributed by atoms with E-state index in [1.165, 1.54) is 24.3 Å². The van der Waals surface area contributed by atoms with Gasteiger partial charge in [0.1, 0.15) is 0 Å². The minimum Gasteiger partial charge on any atom is -0.229 e. The van der Waals surface area contributed by atoms with Crippen LogP contribution in [-0.2, 0) is 19.9 Å². The van der Waals surface area contributed by atoms with Crippen LogP contribution < -0.4 is 4.72 Å². The molecule has 20 heavy (non-hydrogen) atoms. The maximum absolute atomic E-state index is 12.1. The standard InChI is InChI=1S/C11H11ClN2O4S2/c12-10-6-19(15,16)7-11(10)14-20(17,18)9-3-1-8(5-13)2-4-9/h1-4,10-11,14H,6-7H2. The summed E-state index contributed by atoms with van der Waals surface area (Å²) in [7, 11) is -7.17. The number of rotatable bonds is 3. The van der Waals surface area contributed by atoms with Crippen molar-refractivity contribution in [1.29, 1.82) is 5.26 Å². The van der Waals surface area contributed by atoms with Gasteiger partial charge in [0.15, 0.2) is 9.84 Å². The van der Waals surface area contributed by atoms with Gasteiger partial charge < -0.3 is 0 Å². The molecule has 2 rings (SSSR count). The van der Waals surface area contributed by atoms with Gasteiger partial charge in [0.25, 0.3) is 0 Å². The predicted octanol–water partition coefficient (Wildman–Crippen LogP) is 0.241. The fraction of sp³-hybridized carbons (Fsp3) is 0.364. The average molecular weight is 335 g/mol. The first-order valence-corrected chi connectivity index (χ1v) is 9.34. The molecule has 1 saturated heterocycles. The SMILES string of the molecule is N#Cc1ccc(S(=O)(=O)NC2CS(=O)(=O)CC2Cl)cc1. The molecule has 1 heterocycles. The number of nitriles is 1. The summed E-state index contributed by atoms with van der Waals surface area (Å²) in [6.07, 6.45) is 0. The lowest BCUT2D eigenvalue weighted by molar-refractivity contribution is 0.563. The number of nitrogens with one attached hydrogen (secondary N) is 1. The maximum atomic E-state index is 12.1. The van der Waals surface area contributed by atoms with E-state index in [2.05, 4.69) is 4.72 Å². The highest BCUT2D eigenvalue weighted by Gasteiger charge is 2.38. The number of sulfone groups is 1. The van der Waals surface area contributed by atoms with Crippen molar-refractivity contribution in [2.45, 2.75) is 16.3 Å². The summed E-state index contributed by atoms with van der Waals surface area (Å²) < 4.78 is 49.3. The summed E-state index contributed by atoms with van der Waals surface area (Å²) in [5.41, 5.74) is 0.336. The van der Waals surface area contributed by atoms with Crippen LogP contribution in [0.25, 0.3) is 0 Å². The van der Waals surface area contributed by atoms with E-state index >= 15 is 0 Å². The lowest BCUT2D eigenvalue weighted by atomic mass is 10.2. The molecule has 1 N–H and O–H groups in total. The molecule has 0 aliphatic carbocycles. The monoisotopic (exact) mass is 334 g/mol. The lowest BCUT2D eigenvalue weighted by Crippen LogP contribution is -2.40. The average Bonchev–Trinajstić information content (AvgIpc) is 2.61. The third kappa shape index (κ3) is 3.30. The van der Waals surface area contributed by atoms with Gasteiger partial charge in [-0.2, -0.15) is 5.26 Å². The second-order valence-electron chi connectivity index (χ2n) is 4.46. The molecule has 108 valence electrons. The van der Waals surface area contributed by atoms with Crippen LogP contribution in [0.15, 0.2) is 29.2 Å². The van der Waals surface area contributed by atoms with Crippen LogP contribution in [0.3, 0.4) is 0 Å². The number of halogens is 1. The minimum atomic E-state index is -3.86. The Hall–Kier alpha value is -1.14. The van der Waals surface area contributed by atoms with Crippen LogP contribution in [0, 0.1) is 11.3 Å². The Labute approximate surface area is 122 Å². The third-order valence-corrected chi connectivity index (χ3v) is 6.76. The van der Waals surface area contributed by atoms with E-state index in [9.17, 15) is 16.8 Å². The lowest BCUT2D eigenvalue weighted by Gasteiger charge is -2.14. The summed E-state index contributed by atoms with van der Waals surface area (Å²) in [5, 5.41) is 7.87. The second-order valence-corrected chi connectivity index (χ2v) is 8.89. The fourth-order valence-electron chi connectivity index (χ4n) is 1.89. The van der Waals surface area contributed by atoms with Crippen molar-refractivity contribution in [2.75, 3.05) is 11.5 Å². The van der Waals surface area contributed by atoms with Crippen LogP contribution in [0.2, 0.25) is 0 Å². The van der Waals surface area contributed by atoms with Gasteiger partial charge in [0.05, 0.1) is 39.5 Å². The molecule has 1 fully saturated rings. The summed E-state index contributed by atoms with van der Waals surface area (Å²) in [5.74, 6) is -0.550. The van der Waals surface area contributed by atoms with Gasteiger partial charge in [-0.25, -0.2) is 21.6 Å². The number of hydrogen-bond donors (Lipinski definition) is 1. The molecule has 2 unspecified atom stereocenters. The summed E-state index contributed by atoms with van der Waals surface area (Å²) in [6, 6.07) is 6.35. The molecule has 6 nitrogen and oxygen atoms in total. The minimum absolute atomic E-state index is 0.0373. The second kappa shape index (κ2) is 5.33. The van der Waals surface area contributed by atoms with E-state index in [-0.39, 0.29) is 16.4 Å². The smallest absolute Gasteiger partial charge is 0.229 e. The van der Waals surface area contributed by atoms with E-state index in [1.54, 1.807) is 0 Å². The molecule has 0 aromatic heterocycles. The molecule has 1 aliphatic rings. The van der Waals surface area contributed by atoms with E-state index in [0.29, 0.717) is 5.56 Å². The fourth-order valence-corrected chi connectivity index (χ4v) is 5.90. The van der Waals surface area contributed by atoms with E-state index < -0.39 is 31.3 Å². The van der Waals surface area contributed by atoms with Crippen molar-refractivity contribution >= 4 is 31.5 Å². The van der Waals surface area contributed by atoms with Crippen molar-refractivity contribution in [3.8, 4) is 6.07 Å². The highest BCUT2D eigenvalue weighted by atomic mass is 35.5. The molecule has 1 aromatic carbocycles. The number of sulfonamides is 1. The van der Waals surface area contributed by atoms with Gasteiger partial charge in [-0.3, -0.25) is 0 Å². The first-order chi connectivity index (χ1) is 9.23. The quantitative estimate of drug-likeness (QED) is 0.797. The zero-order valence-electron chi connectivity index (χ0n) is 10.2.